The van der Waals surface area contributed by atoms with Crippen LogP contribution in [0.25, 0.3) is 0 Å². The van der Waals surface area contributed by atoms with Crippen molar-refractivity contribution >= 4 is 11.7 Å². The number of hydrogen-bond acceptors (Lipinski definition) is 5. The first-order valence-corrected chi connectivity index (χ1v) is 6.16. The first kappa shape index (κ1) is 12.8. The molecule has 1 unspecified atom stereocenters. The molecule has 1 atom stereocenters. The van der Waals surface area contributed by atoms with Crippen LogP contribution in [-0.4, -0.2) is 53.9 Å². The predicted molar refractivity (Wildman–Crippen MR) is 72.0 cm³/mol. The number of nitrogens with one attached hydrogen (secondary N) is 1. The van der Waals surface area contributed by atoms with Crippen molar-refractivity contribution in [3.05, 3.63) is 18.1 Å². The Hall–Kier alpha value is -1.69. The average molecular weight is 248 g/mol. The average Bonchev–Trinajstić information content (AvgIpc) is 2.39. The number of piperidine rings is 1. The van der Waals surface area contributed by atoms with Crippen LogP contribution in [-0.2, 0) is 0 Å². The fraction of sp³-hybridized carbons (Fsp3) is 0.583. The molecule has 6 nitrogen and oxygen atoms in total. The molecule has 2 heterocycles. The fourth-order valence-electron chi connectivity index (χ4n) is 2.32. The van der Waals surface area contributed by atoms with Crippen LogP contribution in [0.5, 0.6) is 0 Å². The smallest absolute Gasteiger partial charge is 0.158 e. The van der Waals surface area contributed by atoms with Gasteiger partial charge in [-0.1, -0.05) is 0 Å². The summed E-state index contributed by atoms with van der Waals surface area (Å²) in [7, 11) is 4.19. The molecule has 6 heteroatoms. The van der Waals surface area contributed by atoms with Gasteiger partial charge in [0.25, 0.3) is 0 Å². The zero-order valence-corrected chi connectivity index (χ0v) is 10.9. The summed E-state index contributed by atoms with van der Waals surface area (Å²) in [6.07, 6.45) is 5.55. The van der Waals surface area contributed by atoms with Crippen LogP contribution in [0, 0.1) is 5.41 Å². The minimum Gasteiger partial charge on any atom is -0.382 e. The molecule has 1 saturated heterocycles. The number of anilines is 1. The van der Waals surface area contributed by atoms with E-state index in [1.165, 1.54) is 6.42 Å². The van der Waals surface area contributed by atoms with E-state index in [-0.39, 0.29) is 5.84 Å². The van der Waals surface area contributed by atoms with Gasteiger partial charge >= 0.3 is 0 Å². The zero-order valence-electron chi connectivity index (χ0n) is 10.9. The fourth-order valence-corrected chi connectivity index (χ4v) is 2.32. The van der Waals surface area contributed by atoms with Gasteiger partial charge in [0.2, 0.25) is 0 Å². The quantitative estimate of drug-likeness (QED) is 0.593. The number of likely N-dealkylation sites (N-methyl/N-ethyl adjacent to an activating group) is 1. The first-order valence-electron chi connectivity index (χ1n) is 6.16. The molecule has 1 aromatic rings. The standard InChI is InChI=1S/C12H20N6/c1-17(2)9-4-3-7-18(8-9)12-10(11(13)14)15-5-6-16-12/h5-6,9H,3-4,7-8H2,1-2H3,(H3,13,14). The third-order valence-corrected chi connectivity index (χ3v) is 3.36. The first-order chi connectivity index (χ1) is 8.59. The molecular weight excluding hydrogens is 228 g/mol. The van der Waals surface area contributed by atoms with E-state index >= 15 is 0 Å². The summed E-state index contributed by atoms with van der Waals surface area (Å²) < 4.78 is 0. The van der Waals surface area contributed by atoms with E-state index in [2.05, 4.69) is 33.9 Å². The van der Waals surface area contributed by atoms with Gasteiger partial charge in [-0.25, -0.2) is 9.97 Å². The van der Waals surface area contributed by atoms with E-state index in [1.54, 1.807) is 12.4 Å². The molecule has 3 N–H and O–H groups in total. The van der Waals surface area contributed by atoms with E-state index in [0.29, 0.717) is 11.7 Å². The predicted octanol–water partition coefficient (Wildman–Crippen LogP) is 0.291. The molecule has 0 amide bonds. The summed E-state index contributed by atoms with van der Waals surface area (Å²) in [6, 6.07) is 0.514. The number of aromatic nitrogens is 2. The number of nitrogens with zero attached hydrogens (tertiary/aromatic N) is 4. The van der Waals surface area contributed by atoms with Crippen molar-refractivity contribution in [3.8, 4) is 0 Å². The topological polar surface area (TPSA) is 82.1 Å². The van der Waals surface area contributed by atoms with Gasteiger partial charge in [0.15, 0.2) is 5.82 Å². The Labute approximate surface area is 107 Å². The van der Waals surface area contributed by atoms with Crippen molar-refractivity contribution in [2.45, 2.75) is 18.9 Å². The highest BCUT2D eigenvalue weighted by Gasteiger charge is 2.24. The van der Waals surface area contributed by atoms with Crippen LogP contribution < -0.4 is 10.6 Å². The maximum absolute atomic E-state index is 7.57. The second-order valence-electron chi connectivity index (χ2n) is 4.85. The molecule has 1 fully saturated rings. The summed E-state index contributed by atoms with van der Waals surface area (Å²) in [5.74, 6) is 0.710. The SMILES string of the molecule is CN(C)C1CCCN(c2nccnc2C(=N)N)C1. The van der Waals surface area contributed by atoms with Crippen LogP contribution in [0.15, 0.2) is 12.4 Å². The van der Waals surface area contributed by atoms with E-state index in [9.17, 15) is 0 Å². The van der Waals surface area contributed by atoms with Gasteiger partial charge in [-0.15, -0.1) is 0 Å². The minimum absolute atomic E-state index is 0.0231. The maximum Gasteiger partial charge on any atom is 0.158 e. The summed E-state index contributed by atoms with van der Waals surface area (Å²) in [6.45, 7) is 1.86. The Kier molecular flexibility index (Phi) is 3.76. The number of nitrogen functional groups attached to an aromatic ring is 1. The highest BCUT2D eigenvalue weighted by atomic mass is 15.2. The van der Waals surface area contributed by atoms with E-state index < -0.39 is 0 Å². The Morgan fingerprint density at radius 2 is 2.17 bits per heavy atom. The molecule has 2 rings (SSSR count). The van der Waals surface area contributed by atoms with E-state index in [4.69, 9.17) is 11.1 Å². The normalized spacial score (nSPS) is 20.2. The highest BCUT2D eigenvalue weighted by Crippen LogP contribution is 2.21. The van der Waals surface area contributed by atoms with Gasteiger partial charge in [-0.3, -0.25) is 5.41 Å². The lowest BCUT2D eigenvalue weighted by molar-refractivity contribution is 0.257. The largest absolute Gasteiger partial charge is 0.382 e. The van der Waals surface area contributed by atoms with Gasteiger partial charge in [0.05, 0.1) is 0 Å². The van der Waals surface area contributed by atoms with Crippen LogP contribution in [0.2, 0.25) is 0 Å². The molecule has 0 aromatic carbocycles. The maximum atomic E-state index is 7.57. The van der Waals surface area contributed by atoms with E-state index in [1.807, 2.05) is 0 Å². The molecule has 98 valence electrons. The number of nitrogens with two attached hydrogens (primary N) is 1. The molecule has 0 saturated carbocycles. The highest BCUT2D eigenvalue weighted by molar-refractivity contribution is 5.97. The summed E-state index contributed by atoms with van der Waals surface area (Å²) in [5, 5.41) is 7.57. The molecule has 0 radical (unpaired) electrons. The van der Waals surface area contributed by atoms with Crippen LogP contribution in [0.4, 0.5) is 5.82 Å². The van der Waals surface area contributed by atoms with Crippen molar-refractivity contribution < 1.29 is 0 Å². The van der Waals surface area contributed by atoms with Crippen molar-refractivity contribution in [3.63, 3.8) is 0 Å². The molecule has 18 heavy (non-hydrogen) atoms. The minimum atomic E-state index is -0.0231. The van der Waals surface area contributed by atoms with Gasteiger partial charge in [-0.2, -0.15) is 0 Å². The number of hydrogen-bond donors (Lipinski definition) is 2. The lowest BCUT2D eigenvalue weighted by atomic mass is 10.0. The monoisotopic (exact) mass is 248 g/mol. The number of rotatable bonds is 3. The second kappa shape index (κ2) is 5.30. The summed E-state index contributed by atoms with van der Waals surface area (Å²) >= 11 is 0. The van der Waals surface area contributed by atoms with Gasteiger partial charge in [0.1, 0.15) is 11.5 Å². The van der Waals surface area contributed by atoms with Gasteiger partial charge in [-0.05, 0) is 26.9 Å². The van der Waals surface area contributed by atoms with Crippen LogP contribution in [0.1, 0.15) is 18.5 Å². The Morgan fingerprint density at radius 3 is 2.83 bits per heavy atom. The van der Waals surface area contributed by atoms with Crippen molar-refractivity contribution in [2.24, 2.45) is 5.73 Å². The molecule has 1 aromatic heterocycles. The molecular formula is C12H20N6. The van der Waals surface area contributed by atoms with Crippen molar-refractivity contribution in [1.29, 1.82) is 5.41 Å². The molecule has 0 aliphatic carbocycles. The molecule has 1 aliphatic heterocycles. The second-order valence-corrected chi connectivity index (χ2v) is 4.85. The Morgan fingerprint density at radius 1 is 1.44 bits per heavy atom. The molecule has 0 spiro atoms. The summed E-state index contributed by atoms with van der Waals surface area (Å²) in [5.41, 5.74) is 6.04. The van der Waals surface area contributed by atoms with Gasteiger partial charge < -0.3 is 15.5 Å². The molecule has 1 aliphatic rings. The zero-order chi connectivity index (χ0) is 13.1. The van der Waals surface area contributed by atoms with Crippen LogP contribution >= 0.6 is 0 Å². The lowest BCUT2D eigenvalue weighted by Crippen LogP contribution is -2.46. The molecule has 0 bridgehead atoms. The third-order valence-electron chi connectivity index (χ3n) is 3.36. The number of amidine groups is 1. The summed E-state index contributed by atoms with van der Waals surface area (Å²) in [4.78, 5) is 12.9. The Balaban J connectivity index is 2.23. The van der Waals surface area contributed by atoms with E-state index in [0.717, 1.165) is 25.3 Å². The lowest BCUT2D eigenvalue weighted by Gasteiger charge is -2.37. The third kappa shape index (κ3) is 2.59. The van der Waals surface area contributed by atoms with Gasteiger partial charge in [0, 0.05) is 31.5 Å². The Bertz CT molecular complexity index is 430. The van der Waals surface area contributed by atoms with Crippen molar-refractivity contribution in [2.75, 3.05) is 32.1 Å². The van der Waals surface area contributed by atoms with Crippen molar-refractivity contribution in [1.82, 2.24) is 14.9 Å². The van der Waals surface area contributed by atoms with Crippen LogP contribution in [0.3, 0.4) is 0 Å².